The van der Waals surface area contributed by atoms with Gasteiger partial charge in [0.25, 0.3) is 5.91 Å². The first-order valence-corrected chi connectivity index (χ1v) is 16.7. The van der Waals surface area contributed by atoms with Crippen molar-refractivity contribution in [2.45, 2.75) is 93.7 Å². The third-order valence-electron chi connectivity index (χ3n) is 8.94. The van der Waals surface area contributed by atoms with Crippen LogP contribution < -0.4 is 20.5 Å². The zero-order valence-electron chi connectivity index (χ0n) is 24.5. The molecule has 0 spiro atoms. The summed E-state index contributed by atoms with van der Waals surface area (Å²) >= 11 is 0. The van der Waals surface area contributed by atoms with Gasteiger partial charge in [-0.15, -0.1) is 0 Å². The molecule has 0 bridgehead atoms. The first-order chi connectivity index (χ1) is 21.0. The Labute approximate surface area is 255 Å². The van der Waals surface area contributed by atoms with Crippen molar-refractivity contribution >= 4 is 38.8 Å². The largest absolute Gasteiger partial charge is 0.471 e. The van der Waals surface area contributed by atoms with Crippen LogP contribution >= 0.6 is 0 Å². The van der Waals surface area contributed by atoms with Crippen LogP contribution in [0.3, 0.4) is 0 Å². The first kappa shape index (κ1) is 30.4. The second-order valence-corrected chi connectivity index (χ2v) is 14.3. The number of sulfonamides is 1. The molecule has 3 heterocycles. The molecule has 14 heteroatoms. The van der Waals surface area contributed by atoms with Crippen molar-refractivity contribution in [3.63, 3.8) is 0 Å². The Morgan fingerprint density at radius 2 is 1.98 bits per heavy atom. The van der Waals surface area contributed by atoms with Crippen LogP contribution in [0.25, 0.3) is 11.0 Å². The van der Waals surface area contributed by atoms with E-state index in [1.807, 2.05) is 12.2 Å². The fourth-order valence-electron chi connectivity index (χ4n) is 6.13. The molecule has 2 aromatic rings. The number of aryl methyl sites for hydroxylation is 1. The zero-order chi connectivity index (χ0) is 31.2. The van der Waals surface area contributed by atoms with Gasteiger partial charge >= 0.3 is 0 Å². The van der Waals surface area contributed by atoms with Gasteiger partial charge in [-0.05, 0) is 57.6 Å². The standard InChI is InChI=1S/C30H37FN6O6S/c1-17-27(34-25-21(31)9-7-11-23(25)33-17)43-19-14-24-26(38)35-30(29(40)36-44(41,42)20-12-13-20)15-18(30)8-5-3-2-4-6-10-22(32)28(39)37(24)16-19/h5,7-9,11,18-20,22,24H,2-4,6,10,12-16,32H2,1H3,(H,35,38)(H,36,40)/b8-5-/t18-,19-,22+,24+,30-/m1/s1. The number of benzene rings is 1. The topological polar surface area (TPSA) is 174 Å². The molecule has 2 saturated carbocycles. The zero-order valence-corrected chi connectivity index (χ0v) is 25.3. The highest BCUT2D eigenvalue weighted by atomic mass is 32.2. The van der Waals surface area contributed by atoms with Crippen LogP contribution in [0, 0.1) is 18.7 Å². The summed E-state index contributed by atoms with van der Waals surface area (Å²) in [6, 6.07) is 2.58. The lowest BCUT2D eigenvalue weighted by Gasteiger charge is -2.28. The molecule has 1 aromatic carbocycles. The maximum absolute atomic E-state index is 14.5. The van der Waals surface area contributed by atoms with E-state index in [0.717, 1.165) is 25.7 Å². The molecule has 12 nitrogen and oxygen atoms in total. The molecule has 1 aromatic heterocycles. The first-order valence-electron chi connectivity index (χ1n) is 15.2. The van der Waals surface area contributed by atoms with Gasteiger partial charge in [-0.25, -0.2) is 22.8 Å². The molecular weight excluding hydrogens is 591 g/mol. The summed E-state index contributed by atoms with van der Waals surface area (Å²) in [6.07, 6.45) is 8.02. The predicted octanol–water partition coefficient (Wildman–Crippen LogP) is 1.76. The van der Waals surface area contributed by atoms with Crippen LogP contribution in [0.1, 0.15) is 63.5 Å². The lowest BCUT2D eigenvalue weighted by Crippen LogP contribution is -2.57. The van der Waals surface area contributed by atoms with Gasteiger partial charge in [-0.2, -0.15) is 0 Å². The van der Waals surface area contributed by atoms with E-state index in [4.69, 9.17) is 10.5 Å². The number of nitrogens with zero attached hydrogens (tertiary/aromatic N) is 3. The maximum Gasteiger partial charge on any atom is 0.259 e. The number of aromatic nitrogens is 2. The van der Waals surface area contributed by atoms with Crippen molar-refractivity contribution in [3.8, 4) is 5.88 Å². The van der Waals surface area contributed by atoms with Crippen LogP contribution in [0.5, 0.6) is 5.88 Å². The number of hydrogen-bond acceptors (Lipinski definition) is 9. The van der Waals surface area contributed by atoms with Gasteiger partial charge in [0.1, 0.15) is 28.9 Å². The summed E-state index contributed by atoms with van der Waals surface area (Å²) in [5.74, 6) is -2.66. The van der Waals surface area contributed by atoms with Crippen molar-refractivity contribution < 1.29 is 31.9 Å². The number of rotatable bonds is 5. The quantitative estimate of drug-likeness (QED) is 0.417. The number of nitrogens with one attached hydrogen (secondary N) is 2. The second kappa shape index (κ2) is 11.7. The number of amides is 3. The predicted molar refractivity (Wildman–Crippen MR) is 158 cm³/mol. The number of carbonyl (C=O) groups is 3. The molecule has 2 aliphatic heterocycles. The highest BCUT2D eigenvalue weighted by Crippen LogP contribution is 2.46. The average Bonchev–Trinajstić information content (AvgIpc) is 3.90. The SMILES string of the molecule is Cc1nc2cccc(F)c2nc1O[C@@H]1C[C@H]2C(=O)N[C@]3(C(=O)NS(=O)(=O)C4CC4)C[C@H]3/C=C\CCCCC[C@H](N)C(=O)N2C1. The number of carbonyl (C=O) groups excluding carboxylic acids is 3. The molecule has 44 heavy (non-hydrogen) atoms. The van der Waals surface area contributed by atoms with E-state index in [-0.39, 0.29) is 30.8 Å². The number of hydrogen-bond donors (Lipinski definition) is 3. The molecule has 4 aliphatic rings. The van der Waals surface area contributed by atoms with Crippen LogP contribution in [-0.4, -0.2) is 76.5 Å². The highest BCUT2D eigenvalue weighted by molar-refractivity contribution is 7.91. The van der Waals surface area contributed by atoms with Gasteiger partial charge in [-0.1, -0.05) is 31.1 Å². The minimum atomic E-state index is -3.85. The van der Waals surface area contributed by atoms with Gasteiger partial charge in [0.15, 0.2) is 5.82 Å². The fourth-order valence-corrected chi connectivity index (χ4v) is 7.49. The summed E-state index contributed by atoms with van der Waals surface area (Å²) in [6.45, 7) is 1.69. The van der Waals surface area contributed by atoms with Crippen LogP contribution in [0.4, 0.5) is 4.39 Å². The molecule has 0 radical (unpaired) electrons. The van der Waals surface area contributed by atoms with E-state index in [1.54, 1.807) is 13.0 Å². The third-order valence-corrected chi connectivity index (χ3v) is 10.8. The Balaban J connectivity index is 1.27. The second-order valence-electron chi connectivity index (χ2n) is 12.3. The highest BCUT2D eigenvalue weighted by Gasteiger charge is 2.62. The number of para-hydroxylation sites is 1. The normalized spacial score (nSPS) is 30.4. The van der Waals surface area contributed by atoms with Gasteiger partial charge < -0.3 is 20.7 Å². The lowest BCUT2D eigenvalue weighted by molar-refractivity contribution is -0.140. The molecule has 1 saturated heterocycles. The smallest absolute Gasteiger partial charge is 0.259 e. The van der Waals surface area contributed by atoms with E-state index in [9.17, 15) is 27.2 Å². The van der Waals surface area contributed by atoms with Crippen molar-refractivity contribution in [1.82, 2.24) is 24.9 Å². The van der Waals surface area contributed by atoms with Gasteiger partial charge in [0, 0.05) is 12.3 Å². The Morgan fingerprint density at radius 3 is 2.75 bits per heavy atom. The van der Waals surface area contributed by atoms with Crippen LogP contribution in [0.15, 0.2) is 30.4 Å². The number of nitrogens with two attached hydrogens (primary N) is 1. The van der Waals surface area contributed by atoms with E-state index in [1.165, 1.54) is 17.0 Å². The third kappa shape index (κ3) is 6.01. The Kier molecular flexibility index (Phi) is 8.07. The number of fused-ring (bicyclic) bond motifs is 3. The Bertz CT molecular complexity index is 1630. The monoisotopic (exact) mass is 628 g/mol. The molecule has 3 amide bonds. The van der Waals surface area contributed by atoms with E-state index < -0.39 is 68.5 Å². The molecule has 6 rings (SSSR count). The molecule has 3 fully saturated rings. The molecular formula is C30H37FN6O6S. The summed E-state index contributed by atoms with van der Waals surface area (Å²) in [4.78, 5) is 51.0. The average molecular weight is 629 g/mol. The fraction of sp³-hybridized carbons (Fsp3) is 0.567. The van der Waals surface area contributed by atoms with Crippen LogP contribution in [0.2, 0.25) is 0 Å². The molecule has 236 valence electrons. The summed E-state index contributed by atoms with van der Waals surface area (Å²) in [5, 5.41) is 2.21. The molecule has 0 unspecified atom stereocenters. The minimum Gasteiger partial charge on any atom is -0.471 e. The lowest BCUT2D eigenvalue weighted by atomic mass is 10.1. The summed E-state index contributed by atoms with van der Waals surface area (Å²) < 4.78 is 48.0. The maximum atomic E-state index is 14.5. The minimum absolute atomic E-state index is 0.0135. The van der Waals surface area contributed by atoms with Crippen molar-refractivity contribution in [3.05, 3.63) is 41.9 Å². The van der Waals surface area contributed by atoms with Crippen molar-refractivity contribution in [2.75, 3.05) is 6.54 Å². The van der Waals surface area contributed by atoms with E-state index in [0.29, 0.717) is 30.5 Å². The van der Waals surface area contributed by atoms with E-state index in [2.05, 4.69) is 20.0 Å². The van der Waals surface area contributed by atoms with Gasteiger partial charge in [-0.3, -0.25) is 19.1 Å². The number of ether oxygens (including phenoxy) is 1. The number of allylic oxidation sites excluding steroid dienone is 1. The van der Waals surface area contributed by atoms with Crippen molar-refractivity contribution in [2.24, 2.45) is 11.7 Å². The van der Waals surface area contributed by atoms with Gasteiger partial charge in [0.05, 0.1) is 23.4 Å². The van der Waals surface area contributed by atoms with Gasteiger partial charge in [0.2, 0.25) is 27.7 Å². The molecule has 2 aliphatic carbocycles. The Morgan fingerprint density at radius 1 is 1.18 bits per heavy atom. The molecule has 4 N–H and O–H groups in total. The van der Waals surface area contributed by atoms with Crippen LogP contribution in [-0.2, 0) is 24.4 Å². The Hall–Kier alpha value is -3.65. The van der Waals surface area contributed by atoms with E-state index >= 15 is 0 Å². The summed E-state index contributed by atoms with van der Waals surface area (Å²) in [7, 11) is -3.85. The van der Waals surface area contributed by atoms with Crippen molar-refractivity contribution in [1.29, 1.82) is 0 Å². The number of halogens is 1. The summed E-state index contributed by atoms with van der Waals surface area (Å²) in [5.41, 5.74) is 5.67. The molecule has 5 atom stereocenters.